The minimum absolute atomic E-state index is 0.356. The number of carbonyl (C=O) groups excluding carboxylic acids is 1. The van der Waals surface area contributed by atoms with Gasteiger partial charge in [-0.05, 0) is 32.0 Å². The average Bonchev–Trinajstić information content (AvgIpc) is 2.87. The first kappa shape index (κ1) is 35.4. The van der Waals surface area contributed by atoms with Crippen molar-refractivity contribution in [3.05, 3.63) is 0 Å². The van der Waals surface area contributed by atoms with Gasteiger partial charge in [0.25, 0.3) is 0 Å². The van der Waals surface area contributed by atoms with E-state index in [-0.39, 0.29) is 6.09 Å². The van der Waals surface area contributed by atoms with Crippen molar-refractivity contribution < 1.29 is 42.1 Å². The van der Waals surface area contributed by atoms with E-state index < -0.39 is 8.32 Å². The third-order valence-corrected chi connectivity index (χ3v) is 8.83. The van der Waals surface area contributed by atoms with E-state index in [0.717, 1.165) is 38.5 Å². The summed E-state index contributed by atoms with van der Waals surface area (Å²) in [6.45, 7) is 13.1. The molecule has 0 bridgehead atoms. The minimum Gasteiger partial charge on any atom is -0.457 e. The Morgan fingerprint density at radius 3 is 1.72 bits per heavy atom. The number of rotatable bonds is 27. The Morgan fingerprint density at radius 2 is 1.22 bits per heavy atom. The predicted molar refractivity (Wildman–Crippen MR) is 141 cm³/mol. The van der Waals surface area contributed by atoms with Gasteiger partial charge in [-0.15, -0.1) is 0 Å². The van der Waals surface area contributed by atoms with Crippen LogP contribution in [-0.2, 0) is 37.3 Å². The molecule has 0 aliphatic carbocycles. The molecule has 0 aromatic rings. The molecule has 13 heteroatoms. The van der Waals surface area contributed by atoms with E-state index in [9.17, 15) is 4.79 Å². The number of nitrogens with one attached hydrogen (secondary N) is 1. The Morgan fingerprint density at radius 1 is 0.722 bits per heavy atom. The maximum Gasteiger partial charge on any atom is 0.407 e. The van der Waals surface area contributed by atoms with Crippen LogP contribution in [0, 0.1) is 0 Å². The first-order chi connectivity index (χ1) is 17.4. The van der Waals surface area contributed by atoms with E-state index in [0.29, 0.717) is 79.2 Å². The fraction of sp³-hybridized carbons (Fsp3) is 0.957. The minimum atomic E-state index is -1.67. The van der Waals surface area contributed by atoms with Gasteiger partial charge in [-0.2, -0.15) is 0 Å². The van der Waals surface area contributed by atoms with Gasteiger partial charge in [0.1, 0.15) is 0 Å². The Kier molecular flexibility index (Phi) is 25.6. The Labute approximate surface area is 222 Å². The van der Waals surface area contributed by atoms with Gasteiger partial charge in [0.15, 0.2) is 8.32 Å². The molecule has 36 heavy (non-hydrogen) atoms. The van der Waals surface area contributed by atoms with Crippen LogP contribution in [0.2, 0.25) is 19.1 Å². The molecule has 0 saturated heterocycles. The van der Waals surface area contributed by atoms with Crippen LogP contribution in [0.25, 0.3) is 0 Å². The molecule has 0 spiro atoms. The monoisotopic (exact) mass is 553 g/mol. The molecule has 1 amide bonds. The lowest BCUT2D eigenvalue weighted by Crippen LogP contribution is -2.34. The number of hydrogen-bond donors (Lipinski definition) is 1. The second kappa shape index (κ2) is 26.0. The molecule has 0 fully saturated rings. The van der Waals surface area contributed by atoms with Gasteiger partial charge < -0.3 is 42.6 Å². The lowest BCUT2D eigenvalue weighted by Gasteiger charge is -2.22. The molecular weight excluding hydrogens is 504 g/mol. The molecular formula is C23H49N2O9Si2. The van der Waals surface area contributed by atoms with E-state index in [2.05, 4.69) is 33.8 Å². The van der Waals surface area contributed by atoms with Crippen molar-refractivity contribution in [3.63, 3.8) is 0 Å². The summed E-state index contributed by atoms with van der Waals surface area (Å²) in [4.78, 5) is 14.1. The number of nitrogens with zero attached hydrogens (tertiary/aromatic N) is 1. The molecule has 0 aliphatic heterocycles. The number of ether oxygens (including phenoxy) is 7. The molecule has 0 saturated carbocycles. The number of alkyl carbamates (subject to hydrolysis) is 1. The highest BCUT2D eigenvalue weighted by Gasteiger charge is 2.19. The summed E-state index contributed by atoms with van der Waals surface area (Å²) in [5.74, 6) is 0. The van der Waals surface area contributed by atoms with Gasteiger partial charge >= 0.3 is 6.09 Å². The molecule has 0 aliphatic rings. The van der Waals surface area contributed by atoms with Crippen LogP contribution >= 0.6 is 0 Å². The van der Waals surface area contributed by atoms with Gasteiger partial charge in [-0.3, -0.25) is 4.90 Å². The summed E-state index contributed by atoms with van der Waals surface area (Å²) in [5, 5.41) is 2.80. The Balaban J connectivity index is 4.05. The fourth-order valence-electron chi connectivity index (χ4n) is 2.91. The van der Waals surface area contributed by atoms with Gasteiger partial charge in [0.2, 0.25) is 10.5 Å². The van der Waals surface area contributed by atoms with E-state index in [4.69, 9.17) is 37.3 Å². The van der Waals surface area contributed by atoms with Crippen LogP contribution in [0.4, 0.5) is 4.79 Å². The van der Waals surface area contributed by atoms with Gasteiger partial charge in [0.05, 0.1) is 72.7 Å². The van der Waals surface area contributed by atoms with Gasteiger partial charge in [-0.25, -0.2) is 4.79 Å². The first-order valence-electron chi connectivity index (χ1n) is 12.7. The third kappa shape index (κ3) is 25.1. The topological polar surface area (TPSA) is 106 Å². The first-order valence-corrected chi connectivity index (χ1v) is 16.2. The molecule has 3 radical (unpaired) electrons. The zero-order valence-electron chi connectivity index (χ0n) is 22.8. The highest BCUT2D eigenvalue weighted by Crippen LogP contribution is 2.11. The van der Waals surface area contributed by atoms with Crippen molar-refractivity contribution in [2.24, 2.45) is 0 Å². The number of methoxy groups -OCH3 is 2. The zero-order chi connectivity index (χ0) is 26.7. The summed E-state index contributed by atoms with van der Waals surface area (Å²) in [6, 6.07) is 0.953. The molecule has 0 aromatic heterocycles. The van der Waals surface area contributed by atoms with Crippen molar-refractivity contribution in [2.45, 2.75) is 32.0 Å². The summed E-state index contributed by atoms with van der Waals surface area (Å²) >= 11 is 0. The van der Waals surface area contributed by atoms with Crippen LogP contribution in [0.5, 0.6) is 0 Å². The smallest absolute Gasteiger partial charge is 0.407 e. The molecule has 0 aromatic carbocycles. The molecule has 1 N–H and O–H groups in total. The Hall–Kier alpha value is -0.616. The summed E-state index contributed by atoms with van der Waals surface area (Å²) in [6.07, 6.45) is 1.21. The van der Waals surface area contributed by atoms with E-state index in [1.807, 2.05) is 0 Å². The highest BCUT2D eigenvalue weighted by atomic mass is 28.4. The quantitative estimate of drug-likeness (QED) is 0.119. The number of hydrogen-bond acceptors (Lipinski definition) is 10. The second-order valence-corrected chi connectivity index (χ2v) is 13.5. The van der Waals surface area contributed by atoms with E-state index in [1.165, 1.54) is 0 Å². The van der Waals surface area contributed by atoms with E-state index in [1.54, 1.807) is 14.2 Å². The molecule has 0 heterocycles. The maximum atomic E-state index is 11.9. The largest absolute Gasteiger partial charge is 0.457 e. The molecule has 11 nitrogen and oxygen atoms in total. The Bertz CT molecular complexity index is 475. The third-order valence-electron chi connectivity index (χ3n) is 5.06. The van der Waals surface area contributed by atoms with Crippen LogP contribution in [0.1, 0.15) is 12.8 Å². The number of carbonyl (C=O) groups is 1. The summed E-state index contributed by atoms with van der Waals surface area (Å²) in [5.41, 5.74) is 0. The fourth-order valence-corrected chi connectivity index (χ4v) is 4.35. The number of amides is 1. The van der Waals surface area contributed by atoms with Gasteiger partial charge in [0, 0.05) is 40.4 Å². The van der Waals surface area contributed by atoms with Crippen molar-refractivity contribution in [3.8, 4) is 0 Å². The normalized spacial score (nSPS) is 11.8. The summed E-state index contributed by atoms with van der Waals surface area (Å²) in [7, 11) is 4.76. The van der Waals surface area contributed by atoms with Crippen LogP contribution in [0.15, 0.2) is 0 Å². The summed E-state index contributed by atoms with van der Waals surface area (Å²) < 4.78 is 42.7. The van der Waals surface area contributed by atoms with Crippen LogP contribution in [-0.4, -0.2) is 143 Å². The van der Waals surface area contributed by atoms with Crippen molar-refractivity contribution in [1.29, 1.82) is 0 Å². The molecule has 0 rings (SSSR count). The SMILES string of the molecule is COCCOCCOCCN(CCCOC(=O)NCCC[Si](C)(C)O[Si])CCOCCOCCOC. The van der Waals surface area contributed by atoms with E-state index >= 15 is 0 Å². The zero-order valence-corrected chi connectivity index (χ0v) is 24.8. The standard InChI is InChI=1S/C23H49N2O9Si2/c1-27-14-16-31-20-18-29-12-9-25(10-13-30-19-21-32-17-15-28-2)8-6-11-33-23(26)24-7-5-22-36(3,4)34-35/h5-22H2,1-4H3,(H,24,26). The van der Waals surface area contributed by atoms with Crippen LogP contribution < -0.4 is 5.32 Å². The predicted octanol–water partition coefficient (Wildman–Crippen LogP) is 1.46. The van der Waals surface area contributed by atoms with Crippen LogP contribution in [0.3, 0.4) is 0 Å². The maximum absolute atomic E-state index is 11.9. The van der Waals surface area contributed by atoms with Crippen molar-refractivity contribution in [2.75, 3.05) is 113 Å². The van der Waals surface area contributed by atoms with Crippen molar-refractivity contribution >= 4 is 24.9 Å². The van der Waals surface area contributed by atoms with Crippen molar-refractivity contribution in [1.82, 2.24) is 10.2 Å². The average molecular weight is 554 g/mol. The molecule has 213 valence electrons. The lowest BCUT2D eigenvalue weighted by atomic mass is 10.4. The second-order valence-electron chi connectivity index (χ2n) is 8.66. The molecule has 0 atom stereocenters. The van der Waals surface area contributed by atoms with Gasteiger partial charge in [-0.1, -0.05) is 0 Å². The highest BCUT2D eigenvalue weighted by molar-refractivity contribution is 6.73. The molecule has 0 unspecified atom stereocenters. The lowest BCUT2D eigenvalue weighted by molar-refractivity contribution is 0.00873.